The number of aliphatic hydroxyl groups is 2. The number of hydrogen-bond acceptors (Lipinski definition) is 10. The van der Waals surface area contributed by atoms with Gasteiger partial charge in [0.2, 0.25) is 5.82 Å². The standard InChI is InChI=1S/C20H26N5O8PS/c21-6-15-22-18(24-7-11-2-1-3-12(11)8-24)13-4-5-25(19(13)23-15)20-17(27)16(26)14(33-20)9-35(31,32)10-34(28,29)30/h4-5,11-12,14,16-17,20,26-27H,1-3,7-10H2,(H2,28,29,30)/t11?,12?,14?,16-,17-,20-/m1/s1. The van der Waals surface area contributed by atoms with E-state index in [1.165, 1.54) is 11.0 Å². The largest absolute Gasteiger partial charge is 0.387 e. The maximum atomic E-state index is 12.2. The number of nitrogens with zero attached hydrogens (tertiary/aromatic N) is 5. The summed E-state index contributed by atoms with van der Waals surface area (Å²) in [5.74, 6) is 0.816. The first-order valence-corrected chi connectivity index (χ1v) is 14.9. The summed E-state index contributed by atoms with van der Waals surface area (Å²) in [5, 5.41) is 31.2. The SMILES string of the molecule is N#Cc1nc(N2CC3CCCC3C2)c2ccn([C@@H]3OC(CS(=O)(=O)CP(=O)(O)O)[C@@H](O)[C@H]3O)c2n1. The van der Waals surface area contributed by atoms with Crippen LogP contribution in [0, 0.1) is 23.2 Å². The van der Waals surface area contributed by atoms with Crippen LogP contribution in [-0.4, -0.2) is 85.6 Å². The molecule has 190 valence electrons. The predicted molar refractivity (Wildman–Crippen MR) is 122 cm³/mol. The van der Waals surface area contributed by atoms with Crippen LogP contribution in [0.2, 0.25) is 0 Å². The van der Waals surface area contributed by atoms with E-state index in [4.69, 9.17) is 14.5 Å². The number of rotatable bonds is 6. The van der Waals surface area contributed by atoms with Crippen molar-refractivity contribution in [2.24, 2.45) is 11.8 Å². The molecule has 3 aliphatic rings. The molecule has 0 radical (unpaired) electrons. The second kappa shape index (κ2) is 8.77. The highest BCUT2D eigenvalue weighted by atomic mass is 32.2. The Kier molecular flexibility index (Phi) is 6.16. The van der Waals surface area contributed by atoms with Crippen LogP contribution in [-0.2, 0) is 19.1 Å². The molecule has 35 heavy (non-hydrogen) atoms. The van der Waals surface area contributed by atoms with Crippen LogP contribution >= 0.6 is 7.60 Å². The van der Waals surface area contributed by atoms with Gasteiger partial charge in [0.1, 0.15) is 35.8 Å². The molecule has 0 bridgehead atoms. The zero-order chi connectivity index (χ0) is 25.1. The Bertz CT molecular complexity index is 1320. The van der Waals surface area contributed by atoms with E-state index in [0.717, 1.165) is 25.9 Å². The Morgan fingerprint density at radius 3 is 2.49 bits per heavy atom. The Labute approximate surface area is 201 Å². The molecule has 0 aromatic carbocycles. The highest BCUT2D eigenvalue weighted by molar-refractivity contribution is 7.97. The monoisotopic (exact) mass is 527 g/mol. The van der Waals surface area contributed by atoms with Gasteiger partial charge in [0.05, 0.1) is 11.1 Å². The summed E-state index contributed by atoms with van der Waals surface area (Å²) in [5.41, 5.74) is -1.10. The molecular weight excluding hydrogens is 501 g/mol. The molecule has 6 atom stereocenters. The summed E-state index contributed by atoms with van der Waals surface area (Å²) in [6.45, 7) is 1.65. The molecule has 1 saturated carbocycles. The van der Waals surface area contributed by atoms with Crippen molar-refractivity contribution in [2.45, 2.75) is 43.8 Å². The molecule has 4 N–H and O–H groups in total. The van der Waals surface area contributed by atoms with Gasteiger partial charge < -0.3 is 34.2 Å². The smallest absolute Gasteiger partial charge is 0.340 e. The third-order valence-electron chi connectivity index (χ3n) is 7.07. The van der Waals surface area contributed by atoms with E-state index in [2.05, 4.69) is 14.9 Å². The summed E-state index contributed by atoms with van der Waals surface area (Å²) in [4.78, 5) is 28.9. The summed E-state index contributed by atoms with van der Waals surface area (Å²) in [6, 6.07) is 3.68. The normalized spacial score (nSPS) is 31.2. The Morgan fingerprint density at radius 2 is 1.86 bits per heavy atom. The minimum atomic E-state index is -4.85. The summed E-state index contributed by atoms with van der Waals surface area (Å²) < 4.78 is 42.6. The molecule has 13 nitrogen and oxygen atoms in total. The van der Waals surface area contributed by atoms with Crippen LogP contribution in [0.15, 0.2) is 12.3 Å². The van der Waals surface area contributed by atoms with Gasteiger partial charge in [-0.25, -0.2) is 18.4 Å². The number of anilines is 1. The fourth-order valence-electron chi connectivity index (χ4n) is 5.58. The lowest BCUT2D eigenvalue weighted by atomic mass is 10.0. The van der Waals surface area contributed by atoms with Gasteiger partial charge in [0.25, 0.3) is 0 Å². The molecule has 4 heterocycles. The van der Waals surface area contributed by atoms with Crippen molar-refractivity contribution in [1.82, 2.24) is 14.5 Å². The molecule has 1 aliphatic carbocycles. The van der Waals surface area contributed by atoms with Crippen molar-refractivity contribution < 1.29 is 37.7 Å². The molecule has 3 fully saturated rings. The van der Waals surface area contributed by atoms with Gasteiger partial charge in [-0.2, -0.15) is 5.26 Å². The number of nitriles is 1. The van der Waals surface area contributed by atoms with E-state index in [-0.39, 0.29) is 5.82 Å². The Hall–Kier alpha value is -2.11. The van der Waals surface area contributed by atoms with Crippen molar-refractivity contribution in [2.75, 3.05) is 29.2 Å². The van der Waals surface area contributed by atoms with Gasteiger partial charge in [-0.15, -0.1) is 0 Å². The van der Waals surface area contributed by atoms with E-state index in [1.54, 1.807) is 12.3 Å². The van der Waals surface area contributed by atoms with Gasteiger partial charge in [0, 0.05) is 19.3 Å². The van der Waals surface area contributed by atoms with Crippen LogP contribution in [0.4, 0.5) is 5.82 Å². The van der Waals surface area contributed by atoms with Gasteiger partial charge in [0.15, 0.2) is 21.6 Å². The number of aliphatic hydroxyl groups excluding tert-OH is 2. The molecule has 2 aromatic rings. The second-order valence-corrected chi connectivity index (χ2v) is 13.7. The lowest BCUT2D eigenvalue weighted by molar-refractivity contribution is -0.0288. The highest BCUT2D eigenvalue weighted by Crippen LogP contribution is 2.42. The van der Waals surface area contributed by atoms with E-state index in [0.29, 0.717) is 28.7 Å². The van der Waals surface area contributed by atoms with Crippen LogP contribution in [0.5, 0.6) is 0 Å². The van der Waals surface area contributed by atoms with Crippen molar-refractivity contribution >= 4 is 34.3 Å². The quantitative estimate of drug-likeness (QED) is 0.358. The Balaban J connectivity index is 1.45. The van der Waals surface area contributed by atoms with Gasteiger partial charge in [-0.05, 0) is 30.7 Å². The lowest BCUT2D eigenvalue weighted by Crippen LogP contribution is -2.35. The van der Waals surface area contributed by atoms with Crippen molar-refractivity contribution in [1.29, 1.82) is 5.26 Å². The fourth-order valence-corrected chi connectivity index (χ4v) is 8.83. The number of hydrogen-bond donors (Lipinski definition) is 4. The number of aromatic nitrogens is 3. The molecule has 0 amide bonds. The topological polar surface area (TPSA) is 199 Å². The average molecular weight is 527 g/mol. The van der Waals surface area contributed by atoms with E-state index in [9.17, 15) is 28.5 Å². The van der Waals surface area contributed by atoms with Crippen molar-refractivity contribution in [3.05, 3.63) is 18.1 Å². The minimum absolute atomic E-state index is 0.0710. The van der Waals surface area contributed by atoms with Gasteiger partial charge in [-0.3, -0.25) is 4.57 Å². The molecule has 0 spiro atoms. The van der Waals surface area contributed by atoms with Gasteiger partial charge in [-0.1, -0.05) is 6.42 Å². The molecule has 2 aliphatic heterocycles. The van der Waals surface area contributed by atoms with Crippen LogP contribution < -0.4 is 4.90 Å². The molecule has 2 saturated heterocycles. The highest BCUT2D eigenvalue weighted by Gasteiger charge is 2.46. The van der Waals surface area contributed by atoms with E-state index >= 15 is 0 Å². The first-order valence-electron chi connectivity index (χ1n) is 11.3. The first-order chi connectivity index (χ1) is 16.5. The molecule has 15 heteroatoms. The number of sulfone groups is 1. The Morgan fingerprint density at radius 1 is 1.17 bits per heavy atom. The number of ether oxygens (including phenoxy) is 1. The summed E-state index contributed by atoms with van der Waals surface area (Å²) in [6.07, 6.45) is -0.722. The maximum Gasteiger partial charge on any atom is 0.340 e. The third-order valence-corrected chi connectivity index (χ3v) is 10.8. The van der Waals surface area contributed by atoms with E-state index < -0.39 is 53.2 Å². The molecular formula is C20H26N5O8PS. The molecule has 2 aromatic heterocycles. The summed E-state index contributed by atoms with van der Waals surface area (Å²) >= 11 is 0. The number of fused-ring (bicyclic) bond motifs is 2. The lowest BCUT2D eigenvalue weighted by Gasteiger charge is -2.21. The first kappa shape index (κ1) is 24.6. The average Bonchev–Trinajstić information content (AvgIpc) is 3.51. The van der Waals surface area contributed by atoms with Gasteiger partial charge >= 0.3 is 7.60 Å². The fraction of sp³-hybridized carbons (Fsp3) is 0.650. The summed E-state index contributed by atoms with van der Waals surface area (Å²) in [7, 11) is -9.15. The van der Waals surface area contributed by atoms with Crippen LogP contribution in [0.1, 0.15) is 31.3 Å². The van der Waals surface area contributed by atoms with Crippen molar-refractivity contribution in [3.63, 3.8) is 0 Å². The van der Waals surface area contributed by atoms with Crippen LogP contribution in [0.25, 0.3) is 11.0 Å². The van der Waals surface area contributed by atoms with E-state index in [1.807, 2.05) is 6.07 Å². The third kappa shape index (κ3) is 4.70. The maximum absolute atomic E-state index is 12.2. The van der Waals surface area contributed by atoms with Crippen LogP contribution in [0.3, 0.4) is 0 Å². The molecule has 5 rings (SSSR count). The minimum Gasteiger partial charge on any atom is -0.387 e. The second-order valence-electron chi connectivity index (χ2n) is 9.55. The van der Waals surface area contributed by atoms with Crippen molar-refractivity contribution in [3.8, 4) is 6.07 Å². The molecule has 3 unspecified atom stereocenters. The predicted octanol–water partition coefficient (Wildman–Crippen LogP) is -0.292. The zero-order valence-electron chi connectivity index (χ0n) is 18.6. The zero-order valence-corrected chi connectivity index (χ0v) is 20.3.